The number of anilines is 3. The largest absolute Gasteiger partial charge is 0.359 e. The molecule has 1 aliphatic heterocycles. The number of benzene rings is 3. The molecule has 0 unspecified atom stereocenters. The molecule has 0 aliphatic carbocycles. The summed E-state index contributed by atoms with van der Waals surface area (Å²) in [5.41, 5.74) is 6.10. The lowest BCUT2D eigenvalue weighted by Crippen LogP contribution is -2.34. The summed E-state index contributed by atoms with van der Waals surface area (Å²) < 4.78 is 1.93. The molecule has 6 rings (SSSR count). The zero-order valence-corrected chi connectivity index (χ0v) is 22.5. The van der Waals surface area contributed by atoms with Crippen LogP contribution < -0.4 is 15.5 Å². The van der Waals surface area contributed by atoms with E-state index in [9.17, 15) is 9.59 Å². The number of carbonyl (C=O) groups is 2. The molecule has 0 radical (unpaired) electrons. The van der Waals surface area contributed by atoms with Crippen molar-refractivity contribution in [3.05, 3.63) is 90.9 Å². The summed E-state index contributed by atoms with van der Waals surface area (Å²) in [6.45, 7) is 4.66. The van der Waals surface area contributed by atoms with Gasteiger partial charge in [-0.05, 0) is 55.3 Å². The standard InChI is InChI=1S/C30H28N6O2S/c1-19(2)36-17-22(14-32-36)21-8-10-25-24(12-21)26(15-31-25)34-30(38)33-23-9-11-28-27(13-23)35(29(37)18-39-28)16-20-6-4-3-5-7-20/h3-15,17,19,31H,16,18H2,1-2H3,(H2,33,34,38). The van der Waals surface area contributed by atoms with Crippen molar-refractivity contribution in [2.75, 3.05) is 21.3 Å². The molecule has 3 heterocycles. The third kappa shape index (κ3) is 5.13. The summed E-state index contributed by atoms with van der Waals surface area (Å²) in [7, 11) is 0. The lowest BCUT2D eigenvalue weighted by atomic mass is 10.1. The fourth-order valence-corrected chi connectivity index (χ4v) is 5.59. The van der Waals surface area contributed by atoms with Crippen LogP contribution in [0.25, 0.3) is 22.0 Å². The monoisotopic (exact) mass is 536 g/mol. The average Bonchev–Trinajstić information content (AvgIpc) is 3.59. The van der Waals surface area contributed by atoms with Crippen molar-refractivity contribution in [1.82, 2.24) is 14.8 Å². The summed E-state index contributed by atoms with van der Waals surface area (Å²) in [5.74, 6) is 0.444. The Labute approximate surface area is 230 Å². The number of H-pyrrole nitrogens is 1. The van der Waals surface area contributed by atoms with Crippen LogP contribution in [0.3, 0.4) is 0 Å². The average molecular weight is 537 g/mol. The zero-order valence-electron chi connectivity index (χ0n) is 21.6. The van der Waals surface area contributed by atoms with Crippen LogP contribution >= 0.6 is 11.8 Å². The highest BCUT2D eigenvalue weighted by atomic mass is 32.2. The molecule has 3 aromatic carbocycles. The summed E-state index contributed by atoms with van der Waals surface area (Å²) in [5, 5.41) is 11.2. The van der Waals surface area contributed by atoms with Crippen molar-refractivity contribution in [2.24, 2.45) is 0 Å². The topological polar surface area (TPSA) is 95.0 Å². The van der Waals surface area contributed by atoms with Gasteiger partial charge in [0.15, 0.2) is 0 Å². The molecule has 5 aromatic rings. The summed E-state index contributed by atoms with van der Waals surface area (Å²) in [6, 6.07) is 21.6. The third-order valence-corrected chi connectivity index (χ3v) is 7.78. The van der Waals surface area contributed by atoms with E-state index >= 15 is 0 Å². The second-order valence-corrected chi connectivity index (χ2v) is 10.8. The first-order valence-electron chi connectivity index (χ1n) is 12.8. The number of nitrogens with zero attached hydrogens (tertiary/aromatic N) is 3. The van der Waals surface area contributed by atoms with Crippen molar-refractivity contribution < 1.29 is 9.59 Å². The first kappa shape index (κ1) is 24.8. The lowest BCUT2D eigenvalue weighted by molar-refractivity contribution is -0.116. The first-order valence-corrected chi connectivity index (χ1v) is 13.8. The molecule has 0 bridgehead atoms. The van der Waals surface area contributed by atoms with Gasteiger partial charge < -0.3 is 20.5 Å². The quantitative estimate of drug-likeness (QED) is 0.220. The number of amides is 3. The van der Waals surface area contributed by atoms with E-state index in [1.807, 2.05) is 83.8 Å². The van der Waals surface area contributed by atoms with Crippen LogP contribution in [0, 0.1) is 0 Å². The smallest absolute Gasteiger partial charge is 0.323 e. The maximum atomic E-state index is 13.0. The lowest BCUT2D eigenvalue weighted by Gasteiger charge is -2.29. The first-order chi connectivity index (χ1) is 18.9. The fraction of sp³-hybridized carbons (Fsp3) is 0.167. The Morgan fingerprint density at radius 3 is 2.69 bits per heavy atom. The molecular weight excluding hydrogens is 508 g/mol. The summed E-state index contributed by atoms with van der Waals surface area (Å²) in [4.78, 5) is 31.8. The van der Waals surface area contributed by atoms with E-state index in [2.05, 4.69) is 34.6 Å². The molecule has 39 heavy (non-hydrogen) atoms. The van der Waals surface area contributed by atoms with Crippen molar-refractivity contribution in [3.63, 3.8) is 0 Å². The summed E-state index contributed by atoms with van der Waals surface area (Å²) >= 11 is 1.52. The zero-order chi connectivity index (χ0) is 26.9. The van der Waals surface area contributed by atoms with Crippen LogP contribution in [0.5, 0.6) is 0 Å². The molecule has 3 amide bonds. The number of aromatic amines is 1. The molecule has 0 fully saturated rings. The molecule has 0 saturated heterocycles. The van der Waals surface area contributed by atoms with E-state index in [1.54, 1.807) is 11.1 Å². The predicted octanol–water partition coefficient (Wildman–Crippen LogP) is 6.90. The summed E-state index contributed by atoms with van der Waals surface area (Å²) in [6.07, 6.45) is 5.67. The van der Waals surface area contributed by atoms with E-state index in [-0.39, 0.29) is 18.0 Å². The van der Waals surface area contributed by atoms with Gasteiger partial charge in [0.1, 0.15) is 0 Å². The minimum absolute atomic E-state index is 0.0477. The molecule has 8 nitrogen and oxygen atoms in total. The number of rotatable bonds is 6. The fourth-order valence-electron chi connectivity index (χ4n) is 4.68. The highest BCUT2D eigenvalue weighted by Crippen LogP contribution is 2.38. The molecule has 2 aromatic heterocycles. The number of hydrogen-bond donors (Lipinski definition) is 3. The van der Waals surface area contributed by atoms with Crippen molar-refractivity contribution in [2.45, 2.75) is 31.3 Å². The molecule has 1 aliphatic rings. The van der Waals surface area contributed by atoms with E-state index in [1.165, 1.54) is 11.8 Å². The van der Waals surface area contributed by atoms with Gasteiger partial charge in [-0.25, -0.2) is 4.79 Å². The Hall–Kier alpha value is -4.50. The van der Waals surface area contributed by atoms with Crippen molar-refractivity contribution in [1.29, 1.82) is 0 Å². The van der Waals surface area contributed by atoms with Gasteiger partial charge in [-0.1, -0.05) is 36.4 Å². The van der Waals surface area contributed by atoms with Crippen LogP contribution in [-0.4, -0.2) is 32.5 Å². The normalized spacial score (nSPS) is 13.1. The van der Waals surface area contributed by atoms with Gasteiger partial charge in [0.25, 0.3) is 0 Å². The second-order valence-electron chi connectivity index (χ2n) is 9.78. The molecule has 0 saturated carbocycles. The minimum atomic E-state index is -0.363. The van der Waals surface area contributed by atoms with Crippen LogP contribution in [0.4, 0.5) is 21.9 Å². The number of nitrogens with one attached hydrogen (secondary N) is 3. The highest BCUT2D eigenvalue weighted by molar-refractivity contribution is 8.00. The number of carbonyl (C=O) groups excluding carboxylic acids is 2. The Morgan fingerprint density at radius 1 is 1.05 bits per heavy atom. The molecule has 9 heteroatoms. The Kier molecular flexibility index (Phi) is 6.58. The van der Waals surface area contributed by atoms with Gasteiger partial charge in [-0.15, -0.1) is 11.8 Å². The van der Waals surface area contributed by atoms with Gasteiger partial charge in [-0.2, -0.15) is 5.10 Å². The Morgan fingerprint density at radius 2 is 1.90 bits per heavy atom. The van der Waals surface area contributed by atoms with Gasteiger partial charge in [0.05, 0.1) is 29.9 Å². The maximum absolute atomic E-state index is 13.0. The SMILES string of the molecule is CC(C)n1cc(-c2ccc3[nH]cc(NC(=O)Nc4ccc5c(c4)N(Cc4ccccc4)C(=O)CS5)c3c2)cn1. The Bertz CT molecular complexity index is 1670. The highest BCUT2D eigenvalue weighted by Gasteiger charge is 2.25. The molecule has 0 atom stereocenters. The Balaban J connectivity index is 1.21. The van der Waals surface area contributed by atoms with Crippen LogP contribution in [-0.2, 0) is 11.3 Å². The van der Waals surface area contributed by atoms with E-state index in [0.29, 0.717) is 23.7 Å². The number of hydrogen-bond acceptors (Lipinski definition) is 4. The van der Waals surface area contributed by atoms with Gasteiger partial charge in [-0.3, -0.25) is 9.48 Å². The minimum Gasteiger partial charge on any atom is -0.359 e. The number of fused-ring (bicyclic) bond motifs is 2. The van der Waals surface area contributed by atoms with Crippen LogP contribution in [0.2, 0.25) is 0 Å². The predicted molar refractivity (Wildman–Crippen MR) is 157 cm³/mol. The molecular formula is C30H28N6O2S. The molecule has 0 spiro atoms. The van der Waals surface area contributed by atoms with Gasteiger partial charge >= 0.3 is 6.03 Å². The van der Waals surface area contributed by atoms with Crippen molar-refractivity contribution in [3.8, 4) is 11.1 Å². The number of aromatic nitrogens is 3. The number of urea groups is 1. The molecule has 3 N–H and O–H groups in total. The van der Waals surface area contributed by atoms with Crippen molar-refractivity contribution >= 4 is 51.7 Å². The molecule has 196 valence electrons. The van der Waals surface area contributed by atoms with Crippen LogP contribution in [0.1, 0.15) is 25.5 Å². The van der Waals surface area contributed by atoms with E-state index in [4.69, 9.17) is 0 Å². The van der Waals surface area contributed by atoms with E-state index in [0.717, 1.165) is 38.2 Å². The van der Waals surface area contributed by atoms with E-state index < -0.39 is 0 Å². The second kappa shape index (κ2) is 10.3. The number of thioether (sulfide) groups is 1. The van der Waals surface area contributed by atoms with Gasteiger partial charge in [0.2, 0.25) is 5.91 Å². The van der Waals surface area contributed by atoms with Gasteiger partial charge in [0, 0.05) is 45.5 Å². The third-order valence-electron chi connectivity index (χ3n) is 6.74. The maximum Gasteiger partial charge on any atom is 0.323 e. The van der Waals surface area contributed by atoms with Crippen LogP contribution in [0.15, 0.2) is 90.2 Å².